The second kappa shape index (κ2) is 5.25. The Morgan fingerprint density at radius 2 is 1.92 bits per heavy atom. The van der Waals surface area contributed by atoms with Gasteiger partial charge in [-0.05, 0) is 18.3 Å². The van der Waals surface area contributed by atoms with Crippen LogP contribution in [0.5, 0.6) is 0 Å². The van der Waals surface area contributed by atoms with Crippen molar-refractivity contribution < 1.29 is 4.79 Å². The fourth-order valence-electron chi connectivity index (χ4n) is 2.06. The van der Waals surface area contributed by atoms with Crippen molar-refractivity contribution in [3.63, 3.8) is 0 Å². The molecular weight excluding hydrogens is 162 g/mol. The number of rotatable bonds is 4. The summed E-state index contributed by atoms with van der Waals surface area (Å²) in [5, 5.41) is 0. The van der Waals surface area contributed by atoms with Gasteiger partial charge in [0.15, 0.2) is 0 Å². The fraction of sp³-hybridized carbons (Fsp3) is 0.909. The predicted octanol–water partition coefficient (Wildman–Crippen LogP) is 2.29. The SMILES string of the molecule is CC1CCC(CCN(C)C=O)CC1. The molecule has 0 radical (unpaired) electrons. The van der Waals surface area contributed by atoms with Crippen LogP contribution in [-0.4, -0.2) is 24.9 Å². The maximum absolute atomic E-state index is 10.4. The van der Waals surface area contributed by atoms with Crippen LogP contribution >= 0.6 is 0 Å². The van der Waals surface area contributed by atoms with E-state index in [0.717, 1.165) is 24.8 Å². The second-order valence-electron chi connectivity index (χ2n) is 4.50. The summed E-state index contributed by atoms with van der Waals surface area (Å²) in [5.41, 5.74) is 0. The van der Waals surface area contributed by atoms with Crippen molar-refractivity contribution >= 4 is 6.41 Å². The summed E-state index contributed by atoms with van der Waals surface area (Å²) in [4.78, 5) is 12.1. The molecule has 1 saturated carbocycles. The molecule has 0 aromatic carbocycles. The number of nitrogens with zero attached hydrogens (tertiary/aromatic N) is 1. The van der Waals surface area contributed by atoms with Crippen molar-refractivity contribution in [1.82, 2.24) is 4.90 Å². The molecule has 76 valence electrons. The highest BCUT2D eigenvalue weighted by Crippen LogP contribution is 2.30. The van der Waals surface area contributed by atoms with Crippen molar-refractivity contribution in [2.45, 2.75) is 39.0 Å². The Bertz CT molecular complexity index is 150. The average Bonchev–Trinajstić information content (AvgIpc) is 2.16. The van der Waals surface area contributed by atoms with Crippen molar-refractivity contribution in [1.29, 1.82) is 0 Å². The maximum atomic E-state index is 10.4. The van der Waals surface area contributed by atoms with E-state index in [1.165, 1.54) is 32.1 Å². The summed E-state index contributed by atoms with van der Waals surface area (Å²) in [7, 11) is 1.86. The minimum Gasteiger partial charge on any atom is -0.348 e. The fourth-order valence-corrected chi connectivity index (χ4v) is 2.06. The highest BCUT2D eigenvalue weighted by molar-refractivity contribution is 5.46. The summed E-state index contributed by atoms with van der Waals surface area (Å²) in [6, 6.07) is 0. The minimum atomic E-state index is 0.874. The monoisotopic (exact) mass is 183 g/mol. The van der Waals surface area contributed by atoms with Gasteiger partial charge in [-0.1, -0.05) is 32.6 Å². The molecule has 2 heteroatoms. The van der Waals surface area contributed by atoms with Gasteiger partial charge in [0.1, 0.15) is 0 Å². The molecule has 0 heterocycles. The van der Waals surface area contributed by atoms with Gasteiger partial charge < -0.3 is 4.90 Å². The van der Waals surface area contributed by atoms with Gasteiger partial charge in [-0.2, -0.15) is 0 Å². The van der Waals surface area contributed by atoms with Crippen LogP contribution in [0.4, 0.5) is 0 Å². The Kier molecular flexibility index (Phi) is 4.26. The highest BCUT2D eigenvalue weighted by atomic mass is 16.1. The first-order valence-corrected chi connectivity index (χ1v) is 5.38. The quantitative estimate of drug-likeness (QED) is 0.612. The number of carbonyl (C=O) groups excluding carboxylic acids is 1. The molecule has 1 aliphatic carbocycles. The lowest BCUT2D eigenvalue weighted by atomic mass is 9.81. The van der Waals surface area contributed by atoms with Crippen molar-refractivity contribution in [3.05, 3.63) is 0 Å². The molecular formula is C11H21NO. The Balaban J connectivity index is 2.12. The van der Waals surface area contributed by atoms with E-state index in [9.17, 15) is 4.79 Å². The van der Waals surface area contributed by atoms with Gasteiger partial charge >= 0.3 is 0 Å². The summed E-state index contributed by atoms with van der Waals surface area (Å²) in [5.74, 6) is 1.80. The summed E-state index contributed by atoms with van der Waals surface area (Å²) >= 11 is 0. The zero-order valence-electron chi connectivity index (χ0n) is 8.83. The van der Waals surface area contributed by atoms with E-state index in [0.29, 0.717) is 0 Å². The number of amides is 1. The summed E-state index contributed by atoms with van der Waals surface area (Å²) in [6.07, 6.45) is 7.63. The molecule has 1 fully saturated rings. The van der Waals surface area contributed by atoms with E-state index < -0.39 is 0 Å². The first-order chi connectivity index (χ1) is 6.22. The Morgan fingerprint density at radius 3 is 2.46 bits per heavy atom. The van der Waals surface area contributed by atoms with Crippen LogP contribution in [0.2, 0.25) is 0 Å². The standard InChI is InChI=1S/C11H21NO/c1-10-3-5-11(6-4-10)7-8-12(2)9-13/h9-11H,3-8H2,1-2H3. The Labute approximate surface area is 81.3 Å². The van der Waals surface area contributed by atoms with E-state index >= 15 is 0 Å². The van der Waals surface area contributed by atoms with Crippen LogP contribution in [0.15, 0.2) is 0 Å². The molecule has 0 spiro atoms. The Morgan fingerprint density at radius 1 is 1.31 bits per heavy atom. The first kappa shape index (κ1) is 10.6. The number of hydrogen-bond acceptors (Lipinski definition) is 1. The van der Waals surface area contributed by atoms with E-state index in [2.05, 4.69) is 6.92 Å². The maximum Gasteiger partial charge on any atom is 0.209 e. The third kappa shape index (κ3) is 3.79. The number of hydrogen-bond donors (Lipinski definition) is 0. The van der Waals surface area contributed by atoms with Gasteiger partial charge in [0.25, 0.3) is 0 Å². The van der Waals surface area contributed by atoms with Gasteiger partial charge in [0, 0.05) is 13.6 Å². The number of carbonyl (C=O) groups is 1. The van der Waals surface area contributed by atoms with E-state index in [-0.39, 0.29) is 0 Å². The van der Waals surface area contributed by atoms with Crippen LogP contribution in [0.1, 0.15) is 39.0 Å². The predicted molar refractivity (Wildman–Crippen MR) is 54.4 cm³/mol. The van der Waals surface area contributed by atoms with Crippen molar-refractivity contribution in [2.75, 3.05) is 13.6 Å². The lowest BCUT2D eigenvalue weighted by molar-refractivity contribution is -0.117. The normalized spacial score (nSPS) is 28.5. The first-order valence-electron chi connectivity index (χ1n) is 5.38. The van der Waals surface area contributed by atoms with Crippen molar-refractivity contribution in [2.24, 2.45) is 11.8 Å². The lowest BCUT2D eigenvalue weighted by Gasteiger charge is -2.26. The van der Waals surface area contributed by atoms with Gasteiger partial charge in [0.05, 0.1) is 0 Å². The summed E-state index contributed by atoms with van der Waals surface area (Å²) in [6.45, 7) is 3.27. The molecule has 1 aliphatic rings. The molecule has 13 heavy (non-hydrogen) atoms. The molecule has 0 aromatic heterocycles. The summed E-state index contributed by atoms with van der Waals surface area (Å²) < 4.78 is 0. The average molecular weight is 183 g/mol. The zero-order chi connectivity index (χ0) is 9.68. The molecule has 0 saturated heterocycles. The lowest BCUT2D eigenvalue weighted by Crippen LogP contribution is -2.21. The molecule has 2 nitrogen and oxygen atoms in total. The van der Waals surface area contributed by atoms with Crippen LogP contribution in [0.25, 0.3) is 0 Å². The van der Waals surface area contributed by atoms with Crippen molar-refractivity contribution in [3.8, 4) is 0 Å². The van der Waals surface area contributed by atoms with E-state index in [1.807, 2.05) is 7.05 Å². The van der Waals surface area contributed by atoms with Gasteiger partial charge in [-0.15, -0.1) is 0 Å². The van der Waals surface area contributed by atoms with E-state index in [1.54, 1.807) is 4.90 Å². The van der Waals surface area contributed by atoms with Gasteiger partial charge in [0.2, 0.25) is 6.41 Å². The second-order valence-corrected chi connectivity index (χ2v) is 4.50. The van der Waals surface area contributed by atoms with Gasteiger partial charge in [-0.25, -0.2) is 0 Å². The molecule has 0 unspecified atom stereocenters. The molecule has 1 rings (SSSR count). The topological polar surface area (TPSA) is 20.3 Å². The van der Waals surface area contributed by atoms with Crippen LogP contribution in [0.3, 0.4) is 0 Å². The zero-order valence-corrected chi connectivity index (χ0v) is 8.83. The largest absolute Gasteiger partial charge is 0.348 e. The highest BCUT2D eigenvalue weighted by Gasteiger charge is 2.17. The van der Waals surface area contributed by atoms with Crippen LogP contribution in [-0.2, 0) is 4.79 Å². The van der Waals surface area contributed by atoms with Gasteiger partial charge in [-0.3, -0.25) is 4.79 Å². The van der Waals surface area contributed by atoms with E-state index in [4.69, 9.17) is 0 Å². The van der Waals surface area contributed by atoms with Crippen LogP contribution < -0.4 is 0 Å². The smallest absolute Gasteiger partial charge is 0.209 e. The molecule has 0 aromatic rings. The van der Waals surface area contributed by atoms with Crippen LogP contribution in [0, 0.1) is 11.8 Å². The molecule has 0 aliphatic heterocycles. The Hall–Kier alpha value is -0.530. The molecule has 0 bridgehead atoms. The molecule has 1 amide bonds. The third-order valence-electron chi connectivity index (χ3n) is 3.21. The molecule has 0 atom stereocenters. The minimum absolute atomic E-state index is 0.874. The molecule has 0 N–H and O–H groups in total. The third-order valence-corrected chi connectivity index (χ3v) is 3.21.